The van der Waals surface area contributed by atoms with Gasteiger partial charge in [0.05, 0.1) is 13.2 Å². The Morgan fingerprint density at radius 3 is 2.79 bits per heavy atom. The highest BCUT2D eigenvalue weighted by Crippen LogP contribution is 2.28. The van der Waals surface area contributed by atoms with E-state index in [2.05, 4.69) is 17.1 Å². The fourth-order valence-corrected chi connectivity index (χ4v) is 2.49. The number of nitrogens with two attached hydrogens (primary N) is 1. The summed E-state index contributed by atoms with van der Waals surface area (Å²) in [5, 5.41) is 2.96. The van der Waals surface area contributed by atoms with Crippen molar-refractivity contribution in [1.29, 1.82) is 0 Å². The highest BCUT2D eigenvalue weighted by atomic mass is 16.5. The predicted octanol–water partition coefficient (Wildman–Crippen LogP) is 0.444. The minimum Gasteiger partial charge on any atom is -0.378 e. The van der Waals surface area contributed by atoms with E-state index in [4.69, 9.17) is 10.5 Å². The van der Waals surface area contributed by atoms with Gasteiger partial charge in [0.2, 0.25) is 5.91 Å². The Bertz CT molecular complexity index is 271. The molecule has 3 unspecified atom stereocenters. The van der Waals surface area contributed by atoms with Gasteiger partial charge in [0.15, 0.2) is 0 Å². The van der Waals surface area contributed by atoms with Gasteiger partial charge >= 0.3 is 0 Å². The molecule has 19 heavy (non-hydrogen) atoms. The van der Waals surface area contributed by atoms with Gasteiger partial charge in [0.25, 0.3) is 0 Å². The molecule has 5 heteroatoms. The second-order valence-corrected chi connectivity index (χ2v) is 5.77. The van der Waals surface area contributed by atoms with Crippen LogP contribution in [0.2, 0.25) is 0 Å². The Balaban J connectivity index is 2.13. The van der Waals surface area contributed by atoms with Gasteiger partial charge in [-0.3, -0.25) is 4.79 Å². The number of carbonyl (C=O) groups is 1. The molecule has 0 heterocycles. The van der Waals surface area contributed by atoms with Gasteiger partial charge in [-0.25, -0.2) is 0 Å². The minimum absolute atomic E-state index is 0.0746. The zero-order chi connectivity index (χ0) is 14.3. The number of nitrogens with zero attached hydrogens (tertiary/aromatic N) is 1. The standard InChI is InChI=1S/C14H29N3O2/c1-11-12(5-4-6-13(11)15)14(18)16-7-9-19-10-8-17(2)3/h11-13H,4-10,15H2,1-3H3,(H,16,18). The SMILES string of the molecule is CC1C(N)CCCC1C(=O)NCCOCCN(C)C. The molecule has 0 aliphatic heterocycles. The number of likely N-dealkylation sites (N-methyl/N-ethyl adjacent to an activating group) is 1. The Morgan fingerprint density at radius 1 is 1.37 bits per heavy atom. The van der Waals surface area contributed by atoms with E-state index in [0.717, 1.165) is 25.8 Å². The molecule has 1 rings (SSSR count). The molecule has 0 aromatic carbocycles. The van der Waals surface area contributed by atoms with Crippen molar-refractivity contribution in [3.05, 3.63) is 0 Å². The van der Waals surface area contributed by atoms with E-state index < -0.39 is 0 Å². The van der Waals surface area contributed by atoms with Gasteiger partial charge in [0.1, 0.15) is 0 Å². The third kappa shape index (κ3) is 5.89. The van der Waals surface area contributed by atoms with Crippen molar-refractivity contribution in [3.63, 3.8) is 0 Å². The maximum absolute atomic E-state index is 12.1. The average molecular weight is 271 g/mol. The molecule has 1 saturated carbocycles. The summed E-state index contributed by atoms with van der Waals surface area (Å²) in [7, 11) is 4.03. The van der Waals surface area contributed by atoms with Crippen LogP contribution in [-0.4, -0.2) is 57.2 Å². The van der Waals surface area contributed by atoms with E-state index in [1.54, 1.807) is 0 Å². The number of nitrogens with one attached hydrogen (secondary N) is 1. The molecule has 0 saturated heterocycles. The first-order chi connectivity index (χ1) is 9.02. The molecule has 3 atom stereocenters. The maximum atomic E-state index is 12.1. The summed E-state index contributed by atoms with van der Waals surface area (Å²) in [6.07, 6.45) is 3.06. The minimum atomic E-state index is 0.0746. The number of ether oxygens (including phenoxy) is 1. The lowest BCUT2D eigenvalue weighted by atomic mass is 9.77. The molecule has 1 aliphatic rings. The monoisotopic (exact) mass is 271 g/mol. The van der Waals surface area contributed by atoms with Crippen LogP contribution < -0.4 is 11.1 Å². The van der Waals surface area contributed by atoms with E-state index >= 15 is 0 Å². The quantitative estimate of drug-likeness (QED) is 0.660. The first-order valence-electron chi connectivity index (χ1n) is 7.28. The van der Waals surface area contributed by atoms with Gasteiger partial charge < -0.3 is 20.7 Å². The average Bonchev–Trinajstić information content (AvgIpc) is 2.36. The van der Waals surface area contributed by atoms with E-state index in [9.17, 15) is 4.79 Å². The van der Waals surface area contributed by atoms with Gasteiger partial charge in [-0.2, -0.15) is 0 Å². The van der Waals surface area contributed by atoms with Gasteiger partial charge in [-0.15, -0.1) is 0 Å². The van der Waals surface area contributed by atoms with Crippen LogP contribution in [0.5, 0.6) is 0 Å². The van der Waals surface area contributed by atoms with Gasteiger partial charge in [0, 0.05) is 25.0 Å². The Kier molecular flexibility index (Phi) is 7.34. The van der Waals surface area contributed by atoms with Crippen LogP contribution in [0.25, 0.3) is 0 Å². The molecular weight excluding hydrogens is 242 g/mol. The van der Waals surface area contributed by atoms with Crippen LogP contribution in [0, 0.1) is 11.8 Å². The zero-order valence-corrected chi connectivity index (χ0v) is 12.5. The number of amides is 1. The van der Waals surface area contributed by atoms with Crippen molar-refractivity contribution < 1.29 is 9.53 Å². The first-order valence-corrected chi connectivity index (χ1v) is 7.28. The number of rotatable bonds is 7. The van der Waals surface area contributed by atoms with Crippen molar-refractivity contribution >= 4 is 5.91 Å². The summed E-state index contributed by atoms with van der Waals surface area (Å²) in [5.41, 5.74) is 6.02. The normalized spacial score (nSPS) is 27.5. The highest BCUT2D eigenvalue weighted by Gasteiger charge is 2.32. The number of hydrogen-bond acceptors (Lipinski definition) is 4. The van der Waals surface area contributed by atoms with E-state index in [0.29, 0.717) is 19.8 Å². The van der Waals surface area contributed by atoms with E-state index in [1.165, 1.54) is 0 Å². The van der Waals surface area contributed by atoms with E-state index in [1.807, 2.05) is 14.1 Å². The third-order valence-electron chi connectivity index (χ3n) is 3.93. The van der Waals surface area contributed by atoms with Crippen molar-refractivity contribution in [2.75, 3.05) is 40.4 Å². The van der Waals surface area contributed by atoms with Crippen LogP contribution in [-0.2, 0) is 9.53 Å². The van der Waals surface area contributed by atoms with E-state index in [-0.39, 0.29) is 23.8 Å². The molecule has 0 bridgehead atoms. The summed E-state index contributed by atoms with van der Waals surface area (Å²) in [5.74, 6) is 0.493. The molecule has 1 amide bonds. The summed E-state index contributed by atoms with van der Waals surface area (Å²) >= 11 is 0. The molecular formula is C14H29N3O2. The number of carbonyl (C=O) groups excluding carboxylic acids is 1. The van der Waals surface area contributed by atoms with Gasteiger partial charge in [-0.1, -0.05) is 13.3 Å². The first kappa shape index (κ1) is 16.4. The number of hydrogen-bond donors (Lipinski definition) is 2. The molecule has 0 radical (unpaired) electrons. The molecule has 0 spiro atoms. The fourth-order valence-electron chi connectivity index (χ4n) is 2.49. The molecule has 0 aromatic rings. The molecule has 1 aliphatic carbocycles. The van der Waals surface area contributed by atoms with Crippen molar-refractivity contribution in [1.82, 2.24) is 10.2 Å². The third-order valence-corrected chi connectivity index (χ3v) is 3.93. The van der Waals surface area contributed by atoms with Crippen LogP contribution in [0.4, 0.5) is 0 Å². The van der Waals surface area contributed by atoms with Crippen LogP contribution in [0.1, 0.15) is 26.2 Å². The Morgan fingerprint density at radius 2 is 2.11 bits per heavy atom. The molecule has 112 valence electrons. The fraction of sp³-hybridized carbons (Fsp3) is 0.929. The lowest BCUT2D eigenvalue weighted by Gasteiger charge is -2.32. The topological polar surface area (TPSA) is 67.6 Å². The Labute approximate surface area is 116 Å². The van der Waals surface area contributed by atoms with Crippen LogP contribution in [0.3, 0.4) is 0 Å². The lowest BCUT2D eigenvalue weighted by molar-refractivity contribution is -0.128. The largest absolute Gasteiger partial charge is 0.378 e. The molecule has 5 nitrogen and oxygen atoms in total. The van der Waals surface area contributed by atoms with Gasteiger partial charge in [-0.05, 0) is 32.9 Å². The summed E-state index contributed by atoms with van der Waals surface area (Å²) in [6.45, 7) is 4.86. The summed E-state index contributed by atoms with van der Waals surface area (Å²) in [6, 6.07) is 0.167. The van der Waals surface area contributed by atoms with Crippen LogP contribution >= 0.6 is 0 Å². The highest BCUT2D eigenvalue weighted by molar-refractivity contribution is 5.79. The van der Waals surface area contributed by atoms with Crippen molar-refractivity contribution in [2.24, 2.45) is 17.6 Å². The zero-order valence-electron chi connectivity index (χ0n) is 12.5. The smallest absolute Gasteiger partial charge is 0.223 e. The summed E-state index contributed by atoms with van der Waals surface area (Å²) < 4.78 is 5.45. The second-order valence-electron chi connectivity index (χ2n) is 5.77. The molecule has 1 fully saturated rings. The summed E-state index contributed by atoms with van der Waals surface area (Å²) in [4.78, 5) is 14.1. The van der Waals surface area contributed by atoms with Crippen molar-refractivity contribution in [3.8, 4) is 0 Å². The Hall–Kier alpha value is -0.650. The maximum Gasteiger partial charge on any atom is 0.223 e. The van der Waals surface area contributed by atoms with Crippen molar-refractivity contribution in [2.45, 2.75) is 32.2 Å². The van der Waals surface area contributed by atoms with Crippen LogP contribution in [0.15, 0.2) is 0 Å². The lowest BCUT2D eigenvalue weighted by Crippen LogP contribution is -2.44. The second kappa shape index (κ2) is 8.51. The molecule has 3 N–H and O–H groups in total. The molecule has 0 aromatic heterocycles. The predicted molar refractivity (Wildman–Crippen MR) is 76.9 cm³/mol.